The maximum atomic E-state index is 13.4. The number of amides is 5. The summed E-state index contributed by atoms with van der Waals surface area (Å²) in [6.07, 6.45) is 1.31. The topological polar surface area (TPSA) is 114 Å². The van der Waals surface area contributed by atoms with E-state index in [1.807, 2.05) is 32.0 Å². The van der Waals surface area contributed by atoms with Gasteiger partial charge in [-0.3, -0.25) is 19.7 Å². The lowest BCUT2D eigenvalue weighted by Crippen LogP contribution is -2.54. The van der Waals surface area contributed by atoms with Crippen LogP contribution in [0.5, 0.6) is 11.5 Å². The molecule has 3 aromatic carbocycles. The second-order valence-corrected chi connectivity index (χ2v) is 10.2. The van der Waals surface area contributed by atoms with Crippen LogP contribution in [0.3, 0.4) is 0 Å². The summed E-state index contributed by atoms with van der Waals surface area (Å²) in [4.78, 5) is 52.1. The predicted octanol–water partition coefficient (Wildman–Crippen LogP) is 5.60. The van der Waals surface area contributed by atoms with Gasteiger partial charge in [-0.15, -0.1) is 0 Å². The molecule has 2 N–H and O–H groups in total. The van der Waals surface area contributed by atoms with Crippen molar-refractivity contribution in [2.24, 2.45) is 0 Å². The summed E-state index contributed by atoms with van der Waals surface area (Å²) in [6, 6.07) is 16.1. The zero-order chi connectivity index (χ0) is 28.1. The van der Waals surface area contributed by atoms with Crippen LogP contribution in [0.1, 0.15) is 18.1 Å². The lowest BCUT2D eigenvalue weighted by atomic mass is 10.1. The van der Waals surface area contributed by atoms with E-state index in [9.17, 15) is 19.2 Å². The van der Waals surface area contributed by atoms with Gasteiger partial charge in [0.05, 0.1) is 16.8 Å². The molecule has 0 saturated carbocycles. The molecule has 1 saturated heterocycles. The van der Waals surface area contributed by atoms with Crippen LogP contribution < -0.4 is 25.0 Å². The molecule has 3 aromatic rings. The Morgan fingerprint density at radius 3 is 2.46 bits per heavy atom. The number of anilines is 2. The van der Waals surface area contributed by atoms with Gasteiger partial charge in [-0.25, -0.2) is 9.69 Å². The summed E-state index contributed by atoms with van der Waals surface area (Å²) in [6.45, 7) is 3.89. The quantitative estimate of drug-likeness (QED) is 0.241. The Labute approximate surface area is 241 Å². The number of carbonyl (C=O) groups is 4. The molecule has 9 nitrogen and oxygen atoms in total. The smallest absolute Gasteiger partial charge is 0.335 e. The van der Waals surface area contributed by atoms with Gasteiger partial charge in [0.25, 0.3) is 17.7 Å². The van der Waals surface area contributed by atoms with Crippen LogP contribution in [0, 0.1) is 6.92 Å². The van der Waals surface area contributed by atoms with E-state index in [4.69, 9.17) is 9.47 Å². The summed E-state index contributed by atoms with van der Waals surface area (Å²) >= 11 is 6.81. The first-order valence-corrected chi connectivity index (χ1v) is 13.4. The Hall–Kier alpha value is -3.96. The van der Waals surface area contributed by atoms with Crippen molar-refractivity contribution < 1.29 is 28.7 Å². The van der Waals surface area contributed by atoms with Gasteiger partial charge in [0.2, 0.25) is 0 Å². The van der Waals surface area contributed by atoms with Crippen molar-refractivity contribution in [3.8, 4) is 11.5 Å². The van der Waals surface area contributed by atoms with E-state index < -0.39 is 23.8 Å². The van der Waals surface area contributed by atoms with Crippen LogP contribution in [-0.2, 0) is 14.4 Å². The number of imide groups is 2. The minimum absolute atomic E-state index is 0.232. The molecule has 0 atom stereocenters. The number of hydrogen-bond acceptors (Lipinski definition) is 6. The van der Waals surface area contributed by atoms with Crippen molar-refractivity contribution in [2.75, 3.05) is 23.4 Å². The largest absolute Gasteiger partial charge is 0.494 e. The van der Waals surface area contributed by atoms with Crippen molar-refractivity contribution in [3.05, 3.63) is 86.3 Å². The number of benzene rings is 3. The summed E-state index contributed by atoms with van der Waals surface area (Å²) in [7, 11) is 0. The lowest BCUT2D eigenvalue weighted by molar-refractivity contribution is -0.122. The molecule has 0 radical (unpaired) electrons. The van der Waals surface area contributed by atoms with Crippen molar-refractivity contribution >= 4 is 73.1 Å². The van der Waals surface area contributed by atoms with Gasteiger partial charge >= 0.3 is 6.03 Å². The highest BCUT2D eigenvalue weighted by molar-refractivity contribution is 9.11. The number of halogens is 2. The minimum Gasteiger partial charge on any atom is -0.494 e. The fourth-order valence-electron chi connectivity index (χ4n) is 3.80. The predicted molar refractivity (Wildman–Crippen MR) is 154 cm³/mol. The van der Waals surface area contributed by atoms with Gasteiger partial charge in [-0.05, 0) is 89.9 Å². The maximum Gasteiger partial charge on any atom is 0.335 e. The number of carbonyl (C=O) groups excluding carboxylic acids is 4. The fraction of sp³-hybridized carbons (Fsp3) is 0.143. The summed E-state index contributed by atoms with van der Waals surface area (Å²) < 4.78 is 12.3. The van der Waals surface area contributed by atoms with Crippen LogP contribution in [0.2, 0.25) is 0 Å². The molecule has 0 aromatic heterocycles. The third kappa shape index (κ3) is 6.73. The highest BCUT2D eigenvalue weighted by Gasteiger charge is 2.37. The Morgan fingerprint density at radius 2 is 1.77 bits per heavy atom. The monoisotopic (exact) mass is 655 g/mol. The first-order valence-electron chi connectivity index (χ1n) is 11.8. The molecule has 1 aliphatic rings. The molecule has 1 fully saturated rings. The zero-order valence-electron chi connectivity index (χ0n) is 20.9. The highest BCUT2D eigenvalue weighted by atomic mass is 79.9. The van der Waals surface area contributed by atoms with Gasteiger partial charge in [-0.1, -0.05) is 28.1 Å². The minimum atomic E-state index is -0.869. The SMILES string of the molecule is CCOc1ccc(N2C(=O)NC(=O)/C(=C\c3cc(Br)cc(Br)c3OCC(=O)Nc3cccc(C)c3)C2=O)cc1. The number of rotatable bonds is 8. The number of hydrogen-bond donors (Lipinski definition) is 2. The van der Waals surface area contributed by atoms with Crippen LogP contribution in [0.4, 0.5) is 16.2 Å². The van der Waals surface area contributed by atoms with E-state index in [-0.39, 0.29) is 23.6 Å². The first kappa shape index (κ1) is 28.1. The standard InChI is InChI=1S/C28H23Br2N3O6/c1-3-38-21-9-7-20(8-10-21)33-27(36)22(26(35)32-28(33)37)13-17-12-18(29)14-23(30)25(17)39-15-24(34)31-19-6-4-5-16(2)11-19/h4-14H,3,15H2,1-2H3,(H,31,34)(H,32,35,37)/b22-13+. The van der Waals surface area contributed by atoms with E-state index in [2.05, 4.69) is 42.5 Å². The molecule has 39 heavy (non-hydrogen) atoms. The average Bonchev–Trinajstić information content (AvgIpc) is 2.87. The van der Waals surface area contributed by atoms with Crippen LogP contribution >= 0.6 is 31.9 Å². The maximum absolute atomic E-state index is 13.4. The molecule has 1 heterocycles. The van der Waals surface area contributed by atoms with Crippen molar-refractivity contribution in [3.63, 3.8) is 0 Å². The third-order valence-corrected chi connectivity index (χ3v) is 6.54. The Kier molecular flexibility index (Phi) is 8.82. The summed E-state index contributed by atoms with van der Waals surface area (Å²) in [5.41, 5.74) is 1.93. The first-order chi connectivity index (χ1) is 18.7. The van der Waals surface area contributed by atoms with E-state index in [0.29, 0.717) is 32.6 Å². The molecule has 5 amide bonds. The molecule has 1 aliphatic heterocycles. The van der Waals surface area contributed by atoms with E-state index in [0.717, 1.165) is 10.5 Å². The number of urea groups is 1. The van der Waals surface area contributed by atoms with E-state index in [1.165, 1.54) is 6.08 Å². The summed E-state index contributed by atoms with van der Waals surface area (Å²) in [5.74, 6) is -1.26. The lowest BCUT2D eigenvalue weighted by Gasteiger charge is -2.26. The Balaban J connectivity index is 1.61. The van der Waals surface area contributed by atoms with Crippen molar-refractivity contribution in [1.29, 1.82) is 0 Å². The van der Waals surface area contributed by atoms with Gasteiger partial charge in [0.1, 0.15) is 17.1 Å². The van der Waals surface area contributed by atoms with E-state index in [1.54, 1.807) is 42.5 Å². The zero-order valence-corrected chi connectivity index (χ0v) is 24.1. The normalized spacial score (nSPS) is 14.3. The second-order valence-electron chi connectivity index (χ2n) is 8.40. The Bertz CT molecular complexity index is 1490. The van der Waals surface area contributed by atoms with Gasteiger partial charge in [0.15, 0.2) is 6.61 Å². The molecular weight excluding hydrogens is 634 g/mol. The molecule has 200 valence electrons. The fourth-order valence-corrected chi connectivity index (χ4v) is 5.18. The molecule has 4 rings (SSSR count). The van der Waals surface area contributed by atoms with Gasteiger partial charge < -0.3 is 14.8 Å². The average molecular weight is 657 g/mol. The number of nitrogens with one attached hydrogen (secondary N) is 2. The number of ether oxygens (including phenoxy) is 2. The second kappa shape index (κ2) is 12.3. The summed E-state index contributed by atoms with van der Waals surface area (Å²) in [5, 5.41) is 4.96. The Morgan fingerprint density at radius 1 is 1.03 bits per heavy atom. The van der Waals surface area contributed by atoms with Gasteiger partial charge in [-0.2, -0.15) is 0 Å². The number of aryl methyl sites for hydroxylation is 1. The van der Waals surface area contributed by atoms with Crippen molar-refractivity contribution in [1.82, 2.24) is 5.32 Å². The molecule has 0 bridgehead atoms. The molecule has 0 aliphatic carbocycles. The van der Waals surface area contributed by atoms with Crippen molar-refractivity contribution in [2.45, 2.75) is 13.8 Å². The van der Waals surface area contributed by atoms with E-state index >= 15 is 0 Å². The van der Waals surface area contributed by atoms with Crippen LogP contribution in [-0.4, -0.2) is 37.0 Å². The van der Waals surface area contributed by atoms with Crippen LogP contribution in [0.25, 0.3) is 6.08 Å². The number of nitrogens with zero attached hydrogens (tertiary/aromatic N) is 1. The molecule has 11 heteroatoms. The van der Waals surface area contributed by atoms with Crippen LogP contribution in [0.15, 0.2) is 75.2 Å². The molecule has 0 spiro atoms. The van der Waals surface area contributed by atoms with Gasteiger partial charge in [0, 0.05) is 15.7 Å². The molecular formula is C28H23Br2N3O6. The number of barbiturate groups is 1. The molecule has 0 unspecified atom stereocenters. The highest BCUT2D eigenvalue weighted by Crippen LogP contribution is 2.35. The third-order valence-electron chi connectivity index (χ3n) is 5.49.